The molecule has 1 aromatic carbocycles. The largest absolute Gasteiger partial charge is 0.490 e. The topological polar surface area (TPSA) is 60.9 Å². The van der Waals surface area contributed by atoms with Crippen LogP contribution in [0.1, 0.15) is 87.8 Å². The van der Waals surface area contributed by atoms with E-state index in [-0.39, 0.29) is 22.5 Å². The van der Waals surface area contributed by atoms with Gasteiger partial charge in [0.25, 0.3) is 0 Å². The molecule has 1 fully saturated rings. The van der Waals surface area contributed by atoms with E-state index in [4.69, 9.17) is 30.5 Å². The Morgan fingerprint density at radius 2 is 2.05 bits per heavy atom. The van der Waals surface area contributed by atoms with Gasteiger partial charge in [-0.3, -0.25) is 0 Å². The average molecular weight is 639 g/mol. The number of benzene rings is 1. The quantitative estimate of drug-likeness (QED) is 0.118. The lowest BCUT2D eigenvalue weighted by atomic mass is 9.69. The summed E-state index contributed by atoms with van der Waals surface area (Å²) in [6, 6.07) is 9.79. The summed E-state index contributed by atoms with van der Waals surface area (Å²) < 4.78 is 18.8. The van der Waals surface area contributed by atoms with Crippen molar-refractivity contribution >= 4 is 31.6 Å². The monoisotopic (exact) mass is 638 g/mol. The number of halogens is 1. The van der Waals surface area contributed by atoms with Crippen molar-refractivity contribution in [3.05, 3.63) is 64.5 Å². The maximum atomic E-state index is 12.6. The summed E-state index contributed by atoms with van der Waals surface area (Å²) >= 11 is 6.35. The summed E-state index contributed by atoms with van der Waals surface area (Å²) in [6.45, 7) is 16.2. The van der Waals surface area contributed by atoms with Crippen LogP contribution in [0.25, 0.3) is 0 Å². The fraction of sp³-hybridized carbons (Fsp3) is 0.611. The van der Waals surface area contributed by atoms with Crippen LogP contribution < -0.4 is 9.64 Å². The molecule has 2 aromatic rings. The van der Waals surface area contributed by atoms with Gasteiger partial charge in [-0.2, -0.15) is 0 Å². The molecule has 4 atom stereocenters. The number of allylic oxidation sites excluding steroid dienone is 1. The first-order valence-corrected chi connectivity index (χ1v) is 19.8. The summed E-state index contributed by atoms with van der Waals surface area (Å²) in [5.74, 6) is 1.39. The van der Waals surface area contributed by atoms with Gasteiger partial charge in [0.2, 0.25) is 0 Å². The number of ether oxygens (including phenoxy) is 2. The predicted molar refractivity (Wildman–Crippen MR) is 182 cm³/mol. The lowest BCUT2D eigenvalue weighted by Gasteiger charge is -2.48. The maximum absolute atomic E-state index is 12.6. The molecule has 0 bridgehead atoms. The molecule has 2 aliphatic carbocycles. The molecule has 3 aliphatic rings. The van der Waals surface area contributed by atoms with Crippen molar-refractivity contribution in [3.8, 4) is 5.75 Å². The van der Waals surface area contributed by atoms with Crippen molar-refractivity contribution in [1.82, 2.24) is 4.98 Å². The highest BCUT2D eigenvalue weighted by Gasteiger charge is 2.47. The predicted octanol–water partition coefficient (Wildman–Crippen LogP) is 8.77. The molecule has 6 nitrogen and oxygen atoms in total. The third-order valence-electron chi connectivity index (χ3n) is 10.7. The number of hydrogen-bond donors (Lipinski definition) is 0. The Labute approximate surface area is 270 Å². The van der Waals surface area contributed by atoms with E-state index in [0.717, 1.165) is 75.2 Å². The Hall–Kier alpha value is -2.35. The summed E-state index contributed by atoms with van der Waals surface area (Å²) in [5.41, 5.74) is 3.62. The number of hydrogen-bond acceptors (Lipinski definition) is 6. The average Bonchev–Trinajstić information content (AvgIpc) is 3.11. The minimum absolute atomic E-state index is 0.112. The molecular formula is C36H51ClN2O4Si. The Bertz CT molecular complexity index is 1370. The number of fused-ring (bicyclic) bond motifs is 3. The Morgan fingerprint density at radius 3 is 2.73 bits per heavy atom. The van der Waals surface area contributed by atoms with Crippen molar-refractivity contribution in [2.45, 2.75) is 102 Å². The molecule has 1 unspecified atom stereocenters. The van der Waals surface area contributed by atoms with Crippen LogP contribution in [0.15, 0.2) is 42.5 Å². The van der Waals surface area contributed by atoms with Crippen LogP contribution in [-0.2, 0) is 21.0 Å². The van der Waals surface area contributed by atoms with E-state index < -0.39 is 8.32 Å². The molecule has 0 saturated heterocycles. The number of carbonyl (C=O) groups is 1. The van der Waals surface area contributed by atoms with Gasteiger partial charge >= 0.3 is 5.97 Å². The van der Waals surface area contributed by atoms with Crippen LogP contribution in [0.3, 0.4) is 0 Å². The molecule has 0 amide bonds. The number of unbranched alkanes of at least 4 members (excludes halogenated alkanes) is 1. The summed E-state index contributed by atoms with van der Waals surface area (Å²) in [4.78, 5) is 19.9. The standard InChI is InChI=1S/C36H51ClN2O4Si/c1-8-9-10-13-31(43-44(6,7)35(2,3)4)27-16-14-26(27)22-39-23-36(20-11-12-29-28(36)17-19-33(37)38-29)24-42-32-18-15-25(21-30(32)39)34(40)41-5/h10,13,15,17-19,21,26-27,31H,8-9,11-12,14,16,20,22-24H2,1-7H3/b13-10+/t26-,27+,31-,36?/m0/s1. The van der Waals surface area contributed by atoms with Crippen molar-refractivity contribution in [2.24, 2.45) is 11.8 Å². The molecule has 240 valence electrons. The molecule has 5 rings (SSSR count). The maximum Gasteiger partial charge on any atom is 0.337 e. The van der Waals surface area contributed by atoms with Gasteiger partial charge in [0.15, 0.2) is 8.32 Å². The number of aromatic nitrogens is 1. The van der Waals surface area contributed by atoms with Crippen LogP contribution in [0.5, 0.6) is 5.75 Å². The number of methoxy groups -OCH3 is 1. The third-order valence-corrected chi connectivity index (χ3v) is 15.4. The van der Waals surface area contributed by atoms with E-state index in [1.54, 1.807) is 0 Å². The van der Waals surface area contributed by atoms with E-state index in [1.807, 2.05) is 24.3 Å². The molecule has 44 heavy (non-hydrogen) atoms. The number of esters is 1. The minimum Gasteiger partial charge on any atom is -0.490 e. The van der Waals surface area contributed by atoms with Crippen LogP contribution >= 0.6 is 11.6 Å². The van der Waals surface area contributed by atoms with Gasteiger partial charge in [-0.15, -0.1) is 0 Å². The fourth-order valence-electron chi connectivity index (χ4n) is 6.92. The second-order valence-corrected chi connectivity index (χ2v) is 19.8. The summed E-state index contributed by atoms with van der Waals surface area (Å²) in [7, 11) is -0.543. The highest BCUT2D eigenvalue weighted by atomic mass is 35.5. The van der Waals surface area contributed by atoms with E-state index in [2.05, 4.69) is 63.9 Å². The molecular weight excluding hydrogens is 588 g/mol. The lowest BCUT2D eigenvalue weighted by molar-refractivity contribution is 0.0524. The minimum atomic E-state index is -1.98. The zero-order valence-electron chi connectivity index (χ0n) is 27.7. The SMILES string of the molecule is CCC/C=C/[C@H](O[Si](C)(C)C(C)(C)C)[C@@H]1CC[C@H]1CN1CC2(CCCc3nc(Cl)ccc32)COc2ccc(C(=O)OC)cc21. The molecule has 1 saturated carbocycles. The molecule has 1 spiro atoms. The Morgan fingerprint density at radius 1 is 1.25 bits per heavy atom. The molecule has 8 heteroatoms. The van der Waals surface area contributed by atoms with Crippen molar-refractivity contribution in [3.63, 3.8) is 0 Å². The van der Waals surface area contributed by atoms with Gasteiger partial charge in [0.1, 0.15) is 10.9 Å². The number of carbonyl (C=O) groups excluding carboxylic acids is 1. The van der Waals surface area contributed by atoms with E-state index >= 15 is 0 Å². The van der Waals surface area contributed by atoms with Gasteiger partial charge < -0.3 is 18.8 Å². The highest BCUT2D eigenvalue weighted by molar-refractivity contribution is 6.74. The van der Waals surface area contributed by atoms with Crippen LogP contribution in [0.2, 0.25) is 23.3 Å². The smallest absolute Gasteiger partial charge is 0.337 e. The first-order chi connectivity index (χ1) is 20.9. The number of anilines is 1. The normalized spacial score (nSPS) is 24.2. The highest BCUT2D eigenvalue weighted by Crippen LogP contribution is 2.48. The second kappa shape index (κ2) is 13.2. The van der Waals surface area contributed by atoms with Gasteiger partial charge in [-0.05, 0) is 98.3 Å². The van der Waals surface area contributed by atoms with Crippen molar-refractivity contribution in [2.75, 3.05) is 31.7 Å². The molecule has 2 heterocycles. The molecule has 1 aliphatic heterocycles. The van der Waals surface area contributed by atoms with E-state index in [1.165, 1.54) is 12.7 Å². The second-order valence-electron chi connectivity index (χ2n) is 14.7. The van der Waals surface area contributed by atoms with Gasteiger partial charge in [-0.25, -0.2) is 9.78 Å². The summed E-state index contributed by atoms with van der Waals surface area (Å²) in [5, 5.41) is 0.686. The fourth-order valence-corrected chi connectivity index (χ4v) is 8.37. The zero-order valence-corrected chi connectivity index (χ0v) is 29.5. The zero-order chi connectivity index (χ0) is 31.7. The summed E-state index contributed by atoms with van der Waals surface area (Å²) in [6.07, 6.45) is 12.3. The third kappa shape index (κ3) is 6.75. The number of rotatable bonds is 9. The van der Waals surface area contributed by atoms with Gasteiger partial charge in [0, 0.05) is 24.2 Å². The molecule has 0 N–H and O–H groups in total. The van der Waals surface area contributed by atoms with Gasteiger partial charge in [0.05, 0.1) is 31.1 Å². The number of pyridine rings is 1. The van der Waals surface area contributed by atoms with E-state index in [0.29, 0.717) is 29.2 Å². The first-order valence-electron chi connectivity index (χ1n) is 16.5. The van der Waals surface area contributed by atoms with Crippen molar-refractivity contribution < 1.29 is 18.7 Å². The van der Waals surface area contributed by atoms with Crippen LogP contribution in [0, 0.1) is 11.8 Å². The molecule has 0 radical (unpaired) electrons. The van der Waals surface area contributed by atoms with Crippen LogP contribution in [0.4, 0.5) is 5.69 Å². The molecule has 1 aromatic heterocycles. The Kier molecular flexibility index (Phi) is 9.89. The first kappa shape index (κ1) is 33.0. The Balaban J connectivity index is 1.49. The van der Waals surface area contributed by atoms with E-state index in [9.17, 15) is 4.79 Å². The van der Waals surface area contributed by atoms with Gasteiger partial charge in [-0.1, -0.05) is 63.9 Å². The number of nitrogens with zero attached hydrogens (tertiary/aromatic N) is 2. The lowest BCUT2D eigenvalue weighted by Crippen LogP contribution is -2.52. The number of aryl methyl sites for hydroxylation is 1. The van der Waals surface area contributed by atoms with Crippen LogP contribution in [-0.4, -0.2) is 52.2 Å². The van der Waals surface area contributed by atoms with Crippen molar-refractivity contribution in [1.29, 1.82) is 0 Å².